The minimum Gasteiger partial charge on any atom is -0.489 e. The number of hydrogen-bond donors (Lipinski definition) is 1. The van der Waals surface area contributed by atoms with Crippen LogP contribution < -0.4 is 10.1 Å². The third kappa shape index (κ3) is 5.86. The Balaban J connectivity index is 1.57. The minimum absolute atomic E-state index is 0.128. The quantitative estimate of drug-likeness (QED) is 0.632. The fraction of sp³-hybridized carbons (Fsp3) is 0.217. The first-order valence-electron chi connectivity index (χ1n) is 9.35. The molecule has 0 radical (unpaired) electrons. The molecule has 1 atom stereocenters. The predicted octanol–water partition coefficient (Wildman–Crippen LogP) is 3.83. The van der Waals surface area contributed by atoms with E-state index in [4.69, 9.17) is 4.74 Å². The summed E-state index contributed by atoms with van der Waals surface area (Å²) in [6, 6.07) is 17.1. The number of amides is 1. The van der Waals surface area contributed by atoms with Gasteiger partial charge >= 0.3 is 0 Å². The Hall–Kier alpha value is -3.25. The van der Waals surface area contributed by atoms with E-state index < -0.39 is 0 Å². The lowest BCUT2D eigenvalue weighted by atomic mass is 10.1. The standard InChI is InChI=1S/C23H24FN3O2/c1-27(2)22(19-6-3-7-20(24)13-19)15-26-23(28)18-8-10-21(11-9-18)29-16-17-5-4-12-25-14-17/h3-14,22H,15-16H2,1-2H3,(H,26,28)/t22-/m0/s1. The number of likely N-dealkylation sites (N-methyl/N-ethyl adjacent to an activating group) is 1. The number of nitrogens with zero attached hydrogens (tertiary/aromatic N) is 2. The molecule has 29 heavy (non-hydrogen) atoms. The molecule has 1 heterocycles. The van der Waals surface area contributed by atoms with Crippen LogP contribution in [0.15, 0.2) is 73.1 Å². The average Bonchev–Trinajstić information content (AvgIpc) is 2.73. The lowest BCUT2D eigenvalue weighted by Crippen LogP contribution is -2.34. The number of aromatic nitrogens is 1. The van der Waals surface area contributed by atoms with E-state index in [0.29, 0.717) is 24.5 Å². The van der Waals surface area contributed by atoms with Gasteiger partial charge in [0.25, 0.3) is 5.91 Å². The van der Waals surface area contributed by atoms with E-state index in [9.17, 15) is 9.18 Å². The molecule has 0 fully saturated rings. The summed E-state index contributed by atoms with van der Waals surface area (Å²) < 4.78 is 19.3. The van der Waals surface area contributed by atoms with Crippen molar-refractivity contribution in [3.8, 4) is 5.75 Å². The second-order valence-corrected chi connectivity index (χ2v) is 6.92. The van der Waals surface area contributed by atoms with Gasteiger partial charge in [0.15, 0.2) is 0 Å². The van der Waals surface area contributed by atoms with Crippen molar-refractivity contribution in [2.45, 2.75) is 12.6 Å². The van der Waals surface area contributed by atoms with Crippen LogP contribution in [0.2, 0.25) is 0 Å². The van der Waals surface area contributed by atoms with Crippen molar-refractivity contribution in [3.63, 3.8) is 0 Å². The topological polar surface area (TPSA) is 54.5 Å². The molecule has 3 aromatic rings. The molecule has 1 N–H and O–H groups in total. The number of nitrogens with one attached hydrogen (secondary N) is 1. The van der Waals surface area contributed by atoms with Gasteiger partial charge in [-0.1, -0.05) is 18.2 Å². The highest BCUT2D eigenvalue weighted by molar-refractivity contribution is 5.94. The molecule has 0 unspecified atom stereocenters. The molecule has 0 saturated heterocycles. The number of rotatable bonds is 8. The Kier molecular flexibility index (Phi) is 6.92. The maximum atomic E-state index is 13.5. The first-order valence-corrected chi connectivity index (χ1v) is 9.35. The predicted molar refractivity (Wildman–Crippen MR) is 110 cm³/mol. The average molecular weight is 393 g/mol. The first kappa shape index (κ1) is 20.5. The Morgan fingerprint density at radius 1 is 1.14 bits per heavy atom. The highest BCUT2D eigenvalue weighted by Crippen LogP contribution is 2.19. The molecule has 6 heteroatoms. The summed E-state index contributed by atoms with van der Waals surface area (Å²) in [5.74, 6) is 0.200. The van der Waals surface area contributed by atoms with Gasteiger partial charge in [-0.05, 0) is 62.1 Å². The van der Waals surface area contributed by atoms with Gasteiger partial charge in [0, 0.05) is 30.1 Å². The minimum atomic E-state index is -0.289. The van der Waals surface area contributed by atoms with E-state index >= 15 is 0 Å². The van der Waals surface area contributed by atoms with Crippen LogP contribution in [0.25, 0.3) is 0 Å². The molecular weight excluding hydrogens is 369 g/mol. The number of carbonyl (C=O) groups excluding carboxylic acids is 1. The molecule has 1 aromatic heterocycles. The van der Waals surface area contributed by atoms with Gasteiger partial charge < -0.3 is 15.0 Å². The molecule has 0 aliphatic carbocycles. The Bertz CT molecular complexity index is 930. The number of pyridine rings is 1. The fourth-order valence-corrected chi connectivity index (χ4v) is 2.96. The summed E-state index contributed by atoms with van der Waals surface area (Å²) in [4.78, 5) is 18.5. The summed E-state index contributed by atoms with van der Waals surface area (Å²) in [5.41, 5.74) is 2.33. The van der Waals surface area contributed by atoms with Gasteiger partial charge in [-0.2, -0.15) is 0 Å². The second-order valence-electron chi connectivity index (χ2n) is 6.92. The highest BCUT2D eigenvalue weighted by Gasteiger charge is 2.16. The van der Waals surface area contributed by atoms with Gasteiger partial charge in [0.05, 0.1) is 6.04 Å². The molecule has 5 nitrogen and oxygen atoms in total. The van der Waals surface area contributed by atoms with Crippen LogP contribution in [0, 0.1) is 5.82 Å². The van der Waals surface area contributed by atoms with E-state index in [-0.39, 0.29) is 17.8 Å². The summed E-state index contributed by atoms with van der Waals surface area (Å²) in [7, 11) is 3.80. The Labute approximate surface area is 170 Å². The van der Waals surface area contributed by atoms with Crippen molar-refractivity contribution in [1.82, 2.24) is 15.2 Å². The van der Waals surface area contributed by atoms with Crippen molar-refractivity contribution in [3.05, 3.63) is 95.6 Å². The third-order valence-electron chi connectivity index (χ3n) is 4.56. The fourth-order valence-electron chi connectivity index (χ4n) is 2.96. The molecule has 0 aliphatic rings. The second kappa shape index (κ2) is 9.80. The van der Waals surface area contributed by atoms with Crippen LogP contribution in [0.3, 0.4) is 0 Å². The van der Waals surface area contributed by atoms with Crippen LogP contribution in [-0.2, 0) is 6.61 Å². The molecule has 2 aromatic carbocycles. The summed E-state index contributed by atoms with van der Waals surface area (Å²) in [6.45, 7) is 0.784. The molecule has 0 spiro atoms. The van der Waals surface area contributed by atoms with Gasteiger partial charge in [-0.25, -0.2) is 4.39 Å². The van der Waals surface area contributed by atoms with E-state index in [1.807, 2.05) is 37.2 Å². The summed E-state index contributed by atoms with van der Waals surface area (Å²) in [6.07, 6.45) is 3.47. The summed E-state index contributed by atoms with van der Waals surface area (Å²) in [5, 5.41) is 2.92. The zero-order valence-electron chi connectivity index (χ0n) is 16.5. The number of carbonyl (C=O) groups is 1. The first-order chi connectivity index (χ1) is 14.0. The van der Waals surface area contributed by atoms with Gasteiger partial charge in [-0.15, -0.1) is 0 Å². The lowest BCUT2D eigenvalue weighted by molar-refractivity contribution is 0.0942. The van der Waals surface area contributed by atoms with Crippen molar-refractivity contribution in [2.75, 3.05) is 20.6 Å². The van der Waals surface area contributed by atoms with E-state index in [2.05, 4.69) is 10.3 Å². The van der Waals surface area contributed by atoms with Crippen molar-refractivity contribution >= 4 is 5.91 Å². The maximum absolute atomic E-state index is 13.5. The molecule has 150 valence electrons. The number of ether oxygens (including phenoxy) is 1. The normalized spacial score (nSPS) is 11.9. The van der Waals surface area contributed by atoms with Crippen LogP contribution in [0.1, 0.15) is 27.5 Å². The van der Waals surface area contributed by atoms with Crippen molar-refractivity contribution in [2.24, 2.45) is 0 Å². The SMILES string of the molecule is CN(C)[C@@H](CNC(=O)c1ccc(OCc2cccnc2)cc1)c1cccc(F)c1. The summed E-state index contributed by atoms with van der Waals surface area (Å²) >= 11 is 0. The van der Waals surface area contributed by atoms with Crippen LogP contribution in [-0.4, -0.2) is 36.4 Å². The molecule has 3 rings (SSSR count). The van der Waals surface area contributed by atoms with Crippen LogP contribution in [0.5, 0.6) is 5.75 Å². The molecule has 1 amide bonds. The number of benzene rings is 2. The van der Waals surface area contributed by atoms with E-state index in [1.165, 1.54) is 12.1 Å². The third-order valence-corrected chi connectivity index (χ3v) is 4.56. The van der Waals surface area contributed by atoms with Gasteiger partial charge in [-0.3, -0.25) is 9.78 Å². The number of hydrogen-bond acceptors (Lipinski definition) is 4. The number of halogens is 1. The Morgan fingerprint density at radius 2 is 1.93 bits per heavy atom. The largest absolute Gasteiger partial charge is 0.489 e. The van der Waals surface area contributed by atoms with Gasteiger partial charge in [0.2, 0.25) is 0 Å². The monoisotopic (exact) mass is 393 g/mol. The lowest BCUT2D eigenvalue weighted by Gasteiger charge is -2.25. The van der Waals surface area contributed by atoms with E-state index in [0.717, 1.165) is 11.1 Å². The molecule has 0 aliphatic heterocycles. The molecule has 0 bridgehead atoms. The van der Waals surface area contributed by atoms with Crippen LogP contribution >= 0.6 is 0 Å². The highest BCUT2D eigenvalue weighted by atomic mass is 19.1. The van der Waals surface area contributed by atoms with Crippen LogP contribution in [0.4, 0.5) is 4.39 Å². The zero-order chi connectivity index (χ0) is 20.6. The van der Waals surface area contributed by atoms with E-state index in [1.54, 1.807) is 42.7 Å². The Morgan fingerprint density at radius 3 is 2.59 bits per heavy atom. The zero-order valence-corrected chi connectivity index (χ0v) is 16.5. The maximum Gasteiger partial charge on any atom is 0.251 e. The smallest absolute Gasteiger partial charge is 0.251 e. The molecular formula is C23H24FN3O2. The van der Waals surface area contributed by atoms with Gasteiger partial charge in [0.1, 0.15) is 18.2 Å². The molecule has 0 saturated carbocycles. The van der Waals surface area contributed by atoms with Crippen molar-refractivity contribution in [1.29, 1.82) is 0 Å². The van der Waals surface area contributed by atoms with Crippen molar-refractivity contribution < 1.29 is 13.9 Å².